The molecular weight excluding hydrogens is 161 g/mol. The van der Waals surface area contributed by atoms with Crippen molar-refractivity contribution in [3.63, 3.8) is 0 Å². The molecular formula is C5H6NNaO2S. The molecule has 1 unspecified atom stereocenters. The Morgan fingerprint density at radius 1 is 1.70 bits per heavy atom. The van der Waals surface area contributed by atoms with Crippen LogP contribution in [0.4, 0.5) is 0 Å². The molecule has 1 aromatic rings. The van der Waals surface area contributed by atoms with Crippen LogP contribution >= 0.6 is 0 Å². The van der Waals surface area contributed by atoms with Gasteiger partial charge < -0.3 is 5.98 Å². The first-order chi connectivity index (χ1) is 4.30. The van der Waals surface area contributed by atoms with E-state index in [9.17, 15) is 4.21 Å². The van der Waals surface area contributed by atoms with E-state index in [1.807, 2.05) is 0 Å². The third kappa shape index (κ3) is 2.90. The van der Waals surface area contributed by atoms with Crippen LogP contribution in [-0.4, -0.2) is 13.7 Å². The van der Waals surface area contributed by atoms with Crippen molar-refractivity contribution < 1.29 is 39.7 Å². The van der Waals surface area contributed by atoms with Gasteiger partial charge in [0.2, 0.25) is 0 Å². The molecule has 0 aromatic carbocycles. The Morgan fingerprint density at radius 2 is 2.40 bits per heavy atom. The molecule has 0 bridgehead atoms. The number of hydrogen-bond acceptors (Lipinski definition) is 2. The summed E-state index contributed by atoms with van der Waals surface area (Å²) in [5.41, 5.74) is 0. The van der Waals surface area contributed by atoms with Crippen molar-refractivity contribution in [2.45, 2.75) is 4.90 Å². The molecule has 0 amide bonds. The predicted octanol–water partition coefficient (Wildman–Crippen LogP) is -2.22. The molecule has 0 aliphatic carbocycles. The van der Waals surface area contributed by atoms with Gasteiger partial charge in [-0.05, 0) is 12.1 Å². The van der Waals surface area contributed by atoms with Gasteiger partial charge in [-0.3, -0.25) is 4.98 Å². The molecule has 50 valence electrons. The van der Waals surface area contributed by atoms with E-state index >= 15 is 0 Å². The first-order valence-corrected chi connectivity index (χ1v) is 3.42. The van der Waals surface area contributed by atoms with Crippen LogP contribution in [0.1, 0.15) is 1.43 Å². The number of aromatic nitrogens is 1. The average Bonchev–Trinajstić information content (AvgIpc) is 1.90. The monoisotopic (exact) mass is 167 g/mol. The fourth-order valence-electron chi connectivity index (χ4n) is 0.450. The molecule has 1 atom stereocenters. The predicted molar refractivity (Wildman–Crippen MR) is 34.4 cm³/mol. The van der Waals surface area contributed by atoms with E-state index in [4.69, 9.17) is 4.55 Å². The molecule has 0 saturated carbocycles. The smallest absolute Gasteiger partial charge is 1.00 e. The third-order valence-corrected chi connectivity index (χ3v) is 1.48. The Morgan fingerprint density at radius 3 is 2.70 bits per heavy atom. The molecule has 0 aliphatic rings. The van der Waals surface area contributed by atoms with Gasteiger partial charge in [-0.25, -0.2) is 4.21 Å². The summed E-state index contributed by atoms with van der Waals surface area (Å²) in [4.78, 5) is 3.98. The normalized spacial score (nSPS) is 11.7. The SMILES string of the molecule is O=S(O)c1cccnc1.[H-].[Na+]. The second-order valence-electron chi connectivity index (χ2n) is 1.44. The maximum absolute atomic E-state index is 10.3. The zero-order chi connectivity index (χ0) is 6.69. The molecule has 1 aromatic heterocycles. The van der Waals surface area contributed by atoms with E-state index in [1.165, 1.54) is 6.20 Å². The Bertz CT molecular complexity index is 221. The molecule has 10 heavy (non-hydrogen) atoms. The van der Waals surface area contributed by atoms with Crippen molar-refractivity contribution >= 4 is 11.1 Å². The summed E-state index contributed by atoms with van der Waals surface area (Å²) in [6.07, 6.45) is 2.91. The minimum atomic E-state index is -1.89. The van der Waals surface area contributed by atoms with Gasteiger partial charge in [-0.1, -0.05) is 0 Å². The van der Waals surface area contributed by atoms with Crippen molar-refractivity contribution in [3.05, 3.63) is 24.5 Å². The standard InChI is InChI=1S/C5H5NO2S.Na.H/c7-9(8)5-2-1-3-6-4-5;;/h1-4H,(H,7,8);;/q;+1;-1. The van der Waals surface area contributed by atoms with Crippen molar-refractivity contribution in [1.29, 1.82) is 0 Å². The summed E-state index contributed by atoms with van der Waals surface area (Å²) in [6.45, 7) is 0. The number of pyridine rings is 1. The molecule has 0 saturated heterocycles. The quantitative estimate of drug-likeness (QED) is 0.381. The number of nitrogens with zero attached hydrogens (tertiary/aromatic N) is 1. The second-order valence-corrected chi connectivity index (χ2v) is 2.41. The van der Waals surface area contributed by atoms with E-state index < -0.39 is 11.1 Å². The van der Waals surface area contributed by atoms with Gasteiger partial charge in [0.1, 0.15) is 0 Å². The molecule has 5 heteroatoms. The Hall–Kier alpha value is 0.260. The summed E-state index contributed by atoms with van der Waals surface area (Å²) in [5, 5.41) is 0. The topological polar surface area (TPSA) is 50.2 Å². The first kappa shape index (κ1) is 10.3. The van der Waals surface area contributed by atoms with Crippen LogP contribution in [0.5, 0.6) is 0 Å². The van der Waals surface area contributed by atoms with E-state index in [2.05, 4.69) is 4.98 Å². The van der Waals surface area contributed by atoms with Crippen LogP contribution in [0.2, 0.25) is 0 Å². The minimum Gasteiger partial charge on any atom is -1.00 e. The number of rotatable bonds is 1. The maximum atomic E-state index is 10.3. The fourth-order valence-corrected chi connectivity index (χ4v) is 0.796. The summed E-state index contributed by atoms with van der Waals surface area (Å²) in [7, 11) is 0. The summed E-state index contributed by atoms with van der Waals surface area (Å²) in [6, 6.07) is 3.16. The van der Waals surface area contributed by atoms with Gasteiger partial charge in [0.15, 0.2) is 11.1 Å². The van der Waals surface area contributed by atoms with Crippen molar-refractivity contribution in [2.75, 3.05) is 0 Å². The largest absolute Gasteiger partial charge is 1.00 e. The molecule has 3 nitrogen and oxygen atoms in total. The molecule has 0 radical (unpaired) electrons. The summed E-state index contributed by atoms with van der Waals surface area (Å²) < 4.78 is 18.7. The number of hydrogen-bond donors (Lipinski definition) is 1. The van der Waals surface area contributed by atoms with Gasteiger partial charge in [0.25, 0.3) is 0 Å². The van der Waals surface area contributed by atoms with Gasteiger partial charge >= 0.3 is 29.6 Å². The van der Waals surface area contributed by atoms with Crippen molar-refractivity contribution in [2.24, 2.45) is 0 Å². The summed E-state index contributed by atoms with van der Waals surface area (Å²) in [5.74, 6) is 0. The van der Waals surface area contributed by atoms with Crippen molar-refractivity contribution in [1.82, 2.24) is 4.98 Å². The molecule has 0 fully saturated rings. The Kier molecular flexibility index (Phi) is 5.11. The fraction of sp³-hybridized carbons (Fsp3) is 0. The van der Waals surface area contributed by atoms with E-state index in [1.54, 1.807) is 18.3 Å². The van der Waals surface area contributed by atoms with Crippen LogP contribution in [0.15, 0.2) is 29.4 Å². The van der Waals surface area contributed by atoms with Crippen LogP contribution in [0, 0.1) is 0 Å². The van der Waals surface area contributed by atoms with Gasteiger partial charge in [0, 0.05) is 12.4 Å². The molecule has 1 rings (SSSR count). The zero-order valence-electron chi connectivity index (χ0n) is 6.52. The second kappa shape index (κ2) is 4.98. The third-order valence-electron chi connectivity index (χ3n) is 0.836. The molecule has 0 aliphatic heterocycles. The van der Waals surface area contributed by atoms with Crippen LogP contribution in [0.25, 0.3) is 0 Å². The minimum absolute atomic E-state index is 0. The van der Waals surface area contributed by atoms with Gasteiger partial charge in [-0.2, -0.15) is 0 Å². The summed E-state index contributed by atoms with van der Waals surface area (Å²) >= 11 is -1.89. The van der Waals surface area contributed by atoms with Crippen LogP contribution in [0.3, 0.4) is 0 Å². The van der Waals surface area contributed by atoms with Gasteiger partial charge in [0.05, 0.1) is 4.90 Å². The van der Waals surface area contributed by atoms with Crippen LogP contribution in [-0.2, 0) is 11.1 Å². The van der Waals surface area contributed by atoms with Gasteiger partial charge in [-0.15, -0.1) is 0 Å². The van der Waals surface area contributed by atoms with Crippen LogP contribution < -0.4 is 29.6 Å². The Labute approximate surface area is 84.9 Å². The Balaban J connectivity index is 0. The molecule has 1 N–H and O–H groups in total. The average molecular weight is 167 g/mol. The molecule has 1 heterocycles. The van der Waals surface area contributed by atoms with E-state index in [0.717, 1.165) is 0 Å². The first-order valence-electron chi connectivity index (χ1n) is 2.31. The maximum Gasteiger partial charge on any atom is 1.00 e. The van der Waals surface area contributed by atoms with E-state index in [-0.39, 0.29) is 31.0 Å². The van der Waals surface area contributed by atoms with Crippen molar-refractivity contribution in [3.8, 4) is 0 Å². The zero-order valence-corrected chi connectivity index (χ0v) is 8.34. The molecule has 0 spiro atoms. The van der Waals surface area contributed by atoms with E-state index in [0.29, 0.717) is 4.90 Å².